The van der Waals surface area contributed by atoms with Gasteiger partial charge in [-0.1, -0.05) is 46.7 Å². The normalized spacial score (nSPS) is 12.1. The van der Waals surface area contributed by atoms with Gasteiger partial charge in [0.05, 0.1) is 6.61 Å². The molecule has 1 aromatic rings. The van der Waals surface area contributed by atoms with Gasteiger partial charge in [0.1, 0.15) is 13.8 Å². The molecule has 0 saturated heterocycles. The van der Waals surface area contributed by atoms with Gasteiger partial charge in [-0.3, -0.25) is 0 Å². The molecule has 3 nitrogen and oxygen atoms in total. The topological polar surface area (TPSA) is 46.3 Å². The molecular formula is C15H25NO2Si. The molecule has 0 unspecified atom stereocenters. The third-order valence-electron chi connectivity index (χ3n) is 3.99. The van der Waals surface area contributed by atoms with Gasteiger partial charge in [-0.15, -0.1) is 5.54 Å². The Balaban J connectivity index is 3.15. The molecule has 106 valence electrons. The molecule has 1 heterocycles. The second-order valence-corrected chi connectivity index (χ2v) is 11.6. The van der Waals surface area contributed by atoms with Crippen LogP contribution in [0.25, 0.3) is 0 Å². The first-order valence-electron chi connectivity index (χ1n) is 6.94. The van der Waals surface area contributed by atoms with Crippen LogP contribution in [0.3, 0.4) is 0 Å². The van der Waals surface area contributed by atoms with Crippen molar-refractivity contribution >= 4 is 8.07 Å². The van der Waals surface area contributed by atoms with E-state index in [1.54, 1.807) is 6.07 Å². The number of hydrogen-bond acceptors (Lipinski definition) is 3. The van der Waals surface area contributed by atoms with Gasteiger partial charge in [-0.25, -0.2) is 0 Å². The Morgan fingerprint density at radius 3 is 2.05 bits per heavy atom. The minimum Gasteiger partial charge on any atom is -0.390 e. The minimum absolute atomic E-state index is 0.105. The number of nitrogens with zero attached hydrogens (tertiary/aromatic N) is 1. The van der Waals surface area contributed by atoms with Gasteiger partial charge in [0.2, 0.25) is 5.76 Å². The van der Waals surface area contributed by atoms with Crippen LogP contribution in [0, 0.1) is 11.5 Å². The van der Waals surface area contributed by atoms with E-state index in [1.165, 1.54) is 0 Å². The molecule has 0 amide bonds. The number of aliphatic hydroxyl groups is 1. The summed E-state index contributed by atoms with van der Waals surface area (Å²) in [5, 5.41) is 12.7. The lowest BCUT2D eigenvalue weighted by Crippen LogP contribution is -2.43. The van der Waals surface area contributed by atoms with Gasteiger partial charge in [0.25, 0.3) is 0 Å². The molecule has 0 aliphatic rings. The Hall–Kier alpha value is -1.05. The van der Waals surface area contributed by atoms with E-state index in [0.717, 1.165) is 0 Å². The fourth-order valence-electron chi connectivity index (χ4n) is 3.05. The Morgan fingerprint density at radius 2 is 1.68 bits per heavy atom. The highest BCUT2D eigenvalue weighted by Gasteiger charge is 2.41. The minimum atomic E-state index is -1.72. The first-order chi connectivity index (χ1) is 8.84. The van der Waals surface area contributed by atoms with Crippen molar-refractivity contribution in [1.82, 2.24) is 5.16 Å². The van der Waals surface area contributed by atoms with E-state index >= 15 is 0 Å². The number of rotatable bonds is 4. The summed E-state index contributed by atoms with van der Waals surface area (Å²) in [6, 6.07) is 1.72. The predicted molar refractivity (Wildman–Crippen MR) is 80.4 cm³/mol. The van der Waals surface area contributed by atoms with Crippen molar-refractivity contribution in [3.63, 3.8) is 0 Å². The van der Waals surface area contributed by atoms with Crippen LogP contribution in [-0.4, -0.2) is 18.3 Å². The third kappa shape index (κ3) is 3.29. The molecule has 0 aromatic carbocycles. The molecular weight excluding hydrogens is 254 g/mol. The molecule has 0 fully saturated rings. The monoisotopic (exact) mass is 279 g/mol. The summed E-state index contributed by atoms with van der Waals surface area (Å²) in [7, 11) is -1.72. The van der Waals surface area contributed by atoms with Crippen molar-refractivity contribution in [2.45, 2.75) is 64.8 Å². The third-order valence-corrected chi connectivity index (χ3v) is 10.3. The molecule has 0 atom stereocenters. The standard InChI is InChI=1S/C15H25NO2Si/c1-11(2)19(12(3)4,13(5)6)8-7-15-9-14(10-17)16-18-15/h9,11-13,17H,10H2,1-6H3. The summed E-state index contributed by atoms with van der Waals surface area (Å²) in [6.07, 6.45) is 0. The smallest absolute Gasteiger partial charge is 0.209 e. The predicted octanol–water partition coefficient (Wildman–Crippen LogP) is 3.74. The van der Waals surface area contributed by atoms with Crippen LogP contribution < -0.4 is 0 Å². The van der Waals surface area contributed by atoms with Gasteiger partial charge in [0.15, 0.2) is 0 Å². The van der Waals surface area contributed by atoms with Crippen LogP contribution in [0.5, 0.6) is 0 Å². The number of aromatic nitrogens is 1. The second kappa shape index (κ2) is 6.40. The van der Waals surface area contributed by atoms with Crippen molar-refractivity contribution in [1.29, 1.82) is 0 Å². The summed E-state index contributed by atoms with van der Waals surface area (Å²) >= 11 is 0. The van der Waals surface area contributed by atoms with Gasteiger partial charge >= 0.3 is 0 Å². The van der Waals surface area contributed by atoms with Crippen LogP contribution in [0.4, 0.5) is 0 Å². The summed E-state index contributed by atoms with van der Waals surface area (Å²) in [5.74, 6) is 3.71. The zero-order valence-corrected chi connectivity index (χ0v) is 13.8. The number of aliphatic hydroxyl groups excluding tert-OH is 1. The summed E-state index contributed by atoms with van der Waals surface area (Å²) in [6.45, 7) is 13.6. The van der Waals surface area contributed by atoms with Gasteiger partial charge < -0.3 is 9.63 Å². The lowest BCUT2D eigenvalue weighted by molar-refractivity contribution is 0.266. The Morgan fingerprint density at radius 1 is 1.16 bits per heavy atom. The molecule has 0 aliphatic heterocycles. The highest BCUT2D eigenvalue weighted by Crippen LogP contribution is 2.40. The number of hydrogen-bond donors (Lipinski definition) is 1. The first kappa shape index (κ1) is 16.0. The van der Waals surface area contributed by atoms with Crippen molar-refractivity contribution in [2.24, 2.45) is 0 Å². The fraction of sp³-hybridized carbons (Fsp3) is 0.667. The lowest BCUT2D eigenvalue weighted by atomic mass is 10.4. The molecule has 0 spiro atoms. The average Bonchev–Trinajstić information content (AvgIpc) is 2.76. The molecule has 1 rings (SSSR count). The lowest BCUT2D eigenvalue weighted by Gasteiger charge is -2.37. The molecule has 0 bridgehead atoms. The molecule has 19 heavy (non-hydrogen) atoms. The highest BCUT2D eigenvalue weighted by molar-refractivity contribution is 6.90. The van der Waals surface area contributed by atoms with E-state index in [2.05, 4.69) is 58.2 Å². The van der Waals surface area contributed by atoms with E-state index in [0.29, 0.717) is 28.1 Å². The molecule has 0 saturated carbocycles. The Bertz CT molecular complexity index is 444. The van der Waals surface area contributed by atoms with Gasteiger partial charge in [0, 0.05) is 6.07 Å². The van der Waals surface area contributed by atoms with Crippen molar-refractivity contribution in [3.8, 4) is 11.5 Å². The summed E-state index contributed by atoms with van der Waals surface area (Å²) in [4.78, 5) is 0. The zero-order valence-electron chi connectivity index (χ0n) is 12.8. The maximum Gasteiger partial charge on any atom is 0.209 e. The highest BCUT2D eigenvalue weighted by atomic mass is 28.3. The first-order valence-corrected chi connectivity index (χ1v) is 9.17. The SMILES string of the molecule is CC(C)[Si](C#Cc1cc(CO)no1)(C(C)C)C(C)C. The van der Waals surface area contributed by atoms with Gasteiger partial charge in [-0.2, -0.15) is 0 Å². The quantitative estimate of drug-likeness (QED) is 0.674. The maximum atomic E-state index is 8.98. The molecule has 1 aromatic heterocycles. The van der Waals surface area contributed by atoms with E-state index in [9.17, 15) is 0 Å². The van der Waals surface area contributed by atoms with E-state index in [1.807, 2.05) is 0 Å². The fourth-order valence-corrected chi connectivity index (χ4v) is 8.25. The average molecular weight is 279 g/mol. The van der Waals surface area contributed by atoms with Crippen molar-refractivity contribution in [2.75, 3.05) is 0 Å². The zero-order chi connectivity index (χ0) is 14.6. The maximum absolute atomic E-state index is 8.98. The summed E-state index contributed by atoms with van der Waals surface area (Å²) < 4.78 is 5.13. The molecule has 0 radical (unpaired) electrons. The van der Waals surface area contributed by atoms with Crippen molar-refractivity contribution in [3.05, 3.63) is 17.5 Å². The molecule has 4 heteroatoms. The Kier molecular flexibility index (Phi) is 5.39. The van der Waals surface area contributed by atoms with Crippen LogP contribution in [-0.2, 0) is 6.61 Å². The van der Waals surface area contributed by atoms with E-state index in [-0.39, 0.29) is 6.61 Å². The van der Waals surface area contributed by atoms with Crippen LogP contribution >= 0.6 is 0 Å². The van der Waals surface area contributed by atoms with Crippen LogP contribution in [0.15, 0.2) is 10.6 Å². The Labute approximate surface area is 117 Å². The van der Waals surface area contributed by atoms with Crippen LogP contribution in [0.2, 0.25) is 16.6 Å². The van der Waals surface area contributed by atoms with E-state index < -0.39 is 8.07 Å². The molecule has 1 N–H and O–H groups in total. The van der Waals surface area contributed by atoms with Gasteiger partial charge in [-0.05, 0) is 22.5 Å². The largest absolute Gasteiger partial charge is 0.390 e. The van der Waals surface area contributed by atoms with Crippen molar-refractivity contribution < 1.29 is 9.63 Å². The second-order valence-electron chi connectivity index (χ2n) is 5.99. The molecule has 0 aliphatic carbocycles. The van der Waals surface area contributed by atoms with Crippen LogP contribution in [0.1, 0.15) is 53.0 Å². The van der Waals surface area contributed by atoms with E-state index in [4.69, 9.17) is 9.63 Å². The summed E-state index contributed by atoms with van der Waals surface area (Å²) in [5.41, 5.74) is 5.89.